The van der Waals surface area contributed by atoms with Crippen LogP contribution in [-0.2, 0) is 0 Å². The molecule has 1 amide bonds. The Balaban J connectivity index is 2.43. The van der Waals surface area contributed by atoms with Gasteiger partial charge in [-0.05, 0) is 25.0 Å². The summed E-state index contributed by atoms with van der Waals surface area (Å²) in [7, 11) is 0. The van der Waals surface area contributed by atoms with Crippen molar-refractivity contribution in [2.24, 2.45) is 0 Å². The van der Waals surface area contributed by atoms with Gasteiger partial charge in [0.25, 0.3) is 5.91 Å². The third-order valence-corrected chi connectivity index (χ3v) is 2.51. The Morgan fingerprint density at radius 1 is 1.41 bits per heavy atom. The second-order valence-electron chi connectivity index (χ2n) is 3.97. The van der Waals surface area contributed by atoms with E-state index < -0.39 is 0 Å². The molecule has 0 saturated heterocycles. The van der Waals surface area contributed by atoms with Crippen molar-refractivity contribution in [2.45, 2.75) is 32.2 Å². The lowest BCUT2D eigenvalue weighted by Crippen LogP contribution is -2.44. The molecule has 1 unspecified atom stereocenters. The summed E-state index contributed by atoms with van der Waals surface area (Å²) in [4.78, 5) is 11.8. The highest BCUT2D eigenvalue weighted by atomic mass is 16.2. The van der Waals surface area contributed by atoms with Crippen LogP contribution in [0.1, 0.15) is 36.5 Å². The monoisotopic (exact) mass is 232 g/mol. The fourth-order valence-corrected chi connectivity index (χ4v) is 1.63. The summed E-state index contributed by atoms with van der Waals surface area (Å²) in [6.45, 7) is 5.84. The number of carbonyl (C=O) groups is 1. The van der Waals surface area contributed by atoms with Crippen LogP contribution in [0, 0.1) is 0 Å². The van der Waals surface area contributed by atoms with Crippen molar-refractivity contribution in [2.75, 3.05) is 0 Å². The van der Waals surface area contributed by atoms with E-state index in [1.54, 1.807) is 12.1 Å². The molecule has 0 bridgehead atoms. The number of nitrogens with one attached hydrogen (secondary N) is 2. The minimum atomic E-state index is -0.101. The predicted molar refractivity (Wildman–Crippen MR) is 70.6 cm³/mol. The average molecular weight is 232 g/mol. The van der Waals surface area contributed by atoms with Crippen LogP contribution in [0.2, 0.25) is 0 Å². The Bertz CT molecular complexity index is 348. The highest BCUT2D eigenvalue weighted by Crippen LogP contribution is 2.02. The molecule has 0 fully saturated rings. The van der Waals surface area contributed by atoms with E-state index in [2.05, 4.69) is 24.4 Å². The Morgan fingerprint density at radius 2 is 2.12 bits per heavy atom. The fourth-order valence-electron chi connectivity index (χ4n) is 1.63. The fraction of sp³-hybridized carbons (Fsp3) is 0.357. The van der Waals surface area contributed by atoms with E-state index in [9.17, 15) is 4.79 Å². The van der Waals surface area contributed by atoms with E-state index in [1.807, 2.05) is 24.3 Å². The molecule has 1 aromatic carbocycles. The van der Waals surface area contributed by atoms with Crippen molar-refractivity contribution < 1.29 is 4.79 Å². The largest absolute Gasteiger partial charge is 0.287 e. The van der Waals surface area contributed by atoms with Crippen molar-refractivity contribution in [3.05, 3.63) is 48.6 Å². The van der Waals surface area contributed by atoms with Crippen LogP contribution in [0.15, 0.2) is 43.0 Å². The predicted octanol–water partition coefficient (Wildman–Crippen LogP) is 2.67. The quantitative estimate of drug-likeness (QED) is 0.560. The lowest BCUT2D eigenvalue weighted by molar-refractivity contribution is 0.0924. The molecule has 1 aromatic rings. The first-order valence-corrected chi connectivity index (χ1v) is 5.99. The normalized spacial score (nSPS) is 11.8. The Hall–Kier alpha value is -1.61. The molecule has 3 heteroatoms. The summed E-state index contributed by atoms with van der Waals surface area (Å²) in [5.41, 5.74) is 6.44. The Kier molecular flexibility index (Phi) is 6.04. The van der Waals surface area contributed by atoms with E-state index in [1.165, 1.54) is 0 Å². The van der Waals surface area contributed by atoms with Gasteiger partial charge in [-0.1, -0.05) is 37.6 Å². The molecule has 0 spiro atoms. The number of hydrogen-bond donors (Lipinski definition) is 2. The second kappa shape index (κ2) is 7.63. The molecule has 0 aliphatic rings. The van der Waals surface area contributed by atoms with Gasteiger partial charge in [0.05, 0.1) is 0 Å². The first kappa shape index (κ1) is 13.5. The minimum Gasteiger partial charge on any atom is -0.287 e. The number of benzene rings is 1. The smallest absolute Gasteiger partial charge is 0.265 e. The van der Waals surface area contributed by atoms with Crippen LogP contribution < -0.4 is 10.9 Å². The highest BCUT2D eigenvalue weighted by Gasteiger charge is 2.08. The average Bonchev–Trinajstić information content (AvgIpc) is 2.37. The maximum atomic E-state index is 11.8. The van der Waals surface area contributed by atoms with Crippen LogP contribution in [-0.4, -0.2) is 11.9 Å². The van der Waals surface area contributed by atoms with Gasteiger partial charge in [-0.15, -0.1) is 6.58 Å². The molecule has 0 heterocycles. The lowest BCUT2D eigenvalue weighted by atomic mass is 10.1. The number of hydrogen-bond acceptors (Lipinski definition) is 2. The van der Waals surface area contributed by atoms with Crippen molar-refractivity contribution in [3.8, 4) is 0 Å². The maximum Gasteiger partial charge on any atom is 0.265 e. The molecule has 0 aliphatic heterocycles. The molecule has 2 N–H and O–H groups in total. The van der Waals surface area contributed by atoms with Gasteiger partial charge in [-0.3, -0.25) is 10.2 Å². The first-order chi connectivity index (χ1) is 8.27. The maximum absolute atomic E-state index is 11.8. The van der Waals surface area contributed by atoms with Crippen LogP contribution >= 0.6 is 0 Å². The zero-order valence-electron chi connectivity index (χ0n) is 10.3. The number of rotatable bonds is 7. The molecular weight excluding hydrogens is 212 g/mol. The molecule has 0 aromatic heterocycles. The van der Waals surface area contributed by atoms with E-state index in [-0.39, 0.29) is 11.9 Å². The van der Waals surface area contributed by atoms with E-state index in [4.69, 9.17) is 0 Å². The van der Waals surface area contributed by atoms with Crippen molar-refractivity contribution in [1.82, 2.24) is 10.9 Å². The molecule has 92 valence electrons. The molecule has 1 rings (SSSR count). The SMILES string of the molecule is C=CCC(CCC)NNC(=O)c1ccccc1. The Morgan fingerprint density at radius 3 is 2.71 bits per heavy atom. The van der Waals surface area contributed by atoms with Crippen molar-refractivity contribution in [1.29, 1.82) is 0 Å². The third kappa shape index (κ3) is 4.83. The van der Waals surface area contributed by atoms with E-state index in [0.717, 1.165) is 19.3 Å². The lowest BCUT2D eigenvalue weighted by Gasteiger charge is -2.16. The summed E-state index contributed by atoms with van der Waals surface area (Å²) >= 11 is 0. The molecule has 3 nitrogen and oxygen atoms in total. The highest BCUT2D eigenvalue weighted by molar-refractivity contribution is 5.93. The summed E-state index contributed by atoms with van der Waals surface area (Å²) in [5.74, 6) is -0.101. The number of carbonyl (C=O) groups excluding carboxylic acids is 1. The van der Waals surface area contributed by atoms with Crippen molar-refractivity contribution >= 4 is 5.91 Å². The van der Waals surface area contributed by atoms with Gasteiger partial charge in [0.15, 0.2) is 0 Å². The van der Waals surface area contributed by atoms with Gasteiger partial charge in [-0.2, -0.15) is 0 Å². The summed E-state index contributed by atoms with van der Waals surface area (Å²) in [5, 5.41) is 0. The third-order valence-electron chi connectivity index (χ3n) is 2.51. The standard InChI is InChI=1S/C14H20N2O/c1-3-8-13(9-4-2)15-16-14(17)12-10-6-5-7-11-12/h3,5-7,10-11,13,15H,1,4,8-9H2,2H3,(H,16,17). The van der Waals surface area contributed by atoms with Gasteiger partial charge in [0, 0.05) is 11.6 Å². The molecule has 17 heavy (non-hydrogen) atoms. The van der Waals surface area contributed by atoms with E-state index in [0.29, 0.717) is 5.56 Å². The van der Waals surface area contributed by atoms with Gasteiger partial charge in [-0.25, -0.2) is 5.43 Å². The summed E-state index contributed by atoms with van der Waals surface area (Å²) < 4.78 is 0. The van der Waals surface area contributed by atoms with Gasteiger partial charge < -0.3 is 0 Å². The van der Waals surface area contributed by atoms with Crippen LogP contribution in [0.25, 0.3) is 0 Å². The molecule has 0 saturated carbocycles. The van der Waals surface area contributed by atoms with Crippen LogP contribution in [0.4, 0.5) is 0 Å². The molecule has 0 aliphatic carbocycles. The minimum absolute atomic E-state index is 0.101. The zero-order chi connectivity index (χ0) is 12.5. The summed E-state index contributed by atoms with van der Waals surface area (Å²) in [6.07, 6.45) is 4.80. The van der Waals surface area contributed by atoms with E-state index >= 15 is 0 Å². The van der Waals surface area contributed by atoms with Crippen molar-refractivity contribution in [3.63, 3.8) is 0 Å². The van der Waals surface area contributed by atoms with Crippen LogP contribution in [0.3, 0.4) is 0 Å². The Labute approximate surface area is 103 Å². The summed E-state index contributed by atoms with van der Waals surface area (Å²) in [6, 6.07) is 9.43. The second-order valence-corrected chi connectivity index (χ2v) is 3.97. The van der Waals surface area contributed by atoms with Gasteiger partial charge in [0.2, 0.25) is 0 Å². The molecule has 1 atom stereocenters. The van der Waals surface area contributed by atoms with Gasteiger partial charge >= 0.3 is 0 Å². The molecular formula is C14H20N2O. The van der Waals surface area contributed by atoms with Crippen LogP contribution in [0.5, 0.6) is 0 Å². The topological polar surface area (TPSA) is 41.1 Å². The zero-order valence-corrected chi connectivity index (χ0v) is 10.3. The van der Waals surface area contributed by atoms with Gasteiger partial charge in [0.1, 0.15) is 0 Å². The number of hydrazine groups is 1. The first-order valence-electron chi connectivity index (χ1n) is 5.99. The number of amides is 1. The molecule has 0 radical (unpaired) electrons.